The number of thioether (sulfide) groups is 1. The summed E-state index contributed by atoms with van der Waals surface area (Å²) in [4.78, 5) is 15.1. The Kier molecular flexibility index (Phi) is 4.91. The van der Waals surface area contributed by atoms with E-state index in [1.807, 2.05) is 11.8 Å². The summed E-state index contributed by atoms with van der Waals surface area (Å²) >= 11 is 8.11. The maximum atomic E-state index is 6.18. The van der Waals surface area contributed by atoms with Crippen molar-refractivity contribution in [3.8, 4) is 0 Å². The number of fused-ring (bicyclic) bond motifs is 1. The van der Waals surface area contributed by atoms with Crippen LogP contribution >= 0.6 is 23.4 Å². The zero-order valence-corrected chi connectivity index (χ0v) is 14.7. The summed E-state index contributed by atoms with van der Waals surface area (Å²) in [7, 11) is 0. The molecule has 3 aliphatic heterocycles. The molecule has 0 spiro atoms. The second kappa shape index (κ2) is 7.11. The van der Waals surface area contributed by atoms with Crippen LogP contribution < -0.4 is 10.2 Å². The van der Waals surface area contributed by atoms with E-state index in [2.05, 4.69) is 25.1 Å². The van der Waals surface area contributed by atoms with Crippen LogP contribution in [0.2, 0.25) is 5.28 Å². The predicted molar refractivity (Wildman–Crippen MR) is 92.7 cm³/mol. The number of hydrogen-bond acceptors (Lipinski definition) is 7. The molecule has 2 saturated heterocycles. The standard InChI is InChI=1S/C15H22ClN5OS/c16-15-18-12-9-11(10-20-3-1-17-2-4-20)23-13(12)14(19-15)21-5-7-22-8-6-21/h11,17H,1-10H2. The lowest BCUT2D eigenvalue weighted by atomic mass is 10.2. The van der Waals surface area contributed by atoms with E-state index in [4.69, 9.17) is 16.3 Å². The zero-order valence-electron chi connectivity index (χ0n) is 13.1. The largest absolute Gasteiger partial charge is 0.378 e. The molecule has 1 aromatic heterocycles. The van der Waals surface area contributed by atoms with E-state index >= 15 is 0 Å². The highest BCUT2D eigenvalue weighted by atomic mass is 35.5. The van der Waals surface area contributed by atoms with E-state index in [1.54, 1.807) is 0 Å². The zero-order chi connectivity index (χ0) is 15.6. The predicted octanol–water partition coefficient (Wildman–Crippen LogP) is 0.889. The van der Waals surface area contributed by atoms with Gasteiger partial charge in [-0.15, -0.1) is 11.8 Å². The number of nitrogens with one attached hydrogen (secondary N) is 1. The van der Waals surface area contributed by atoms with Gasteiger partial charge < -0.3 is 15.0 Å². The van der Waals surface area contributed by atoms with Crippen molar-refractivity contribution in [2.24, 2.45) is 0 Å². The quantitative estimate of drug-likeness (QED) is 0.808. The third-order valence-corrected chi connectivity index (χ3v) is 6.05. The molecule has 1 N–H and O–H groups in total. The lowest BCUT2D eigenvalue weighted by Crippen LogP contribution is -2.45. The van der Waals surface area contributed by atoms with E-state index in [0.717, 1.165) is 77.0 Å². The fourth-order valence-corrected chi connectivity index (χ4v) is 5.00. The van der Waals surface area contributed by atoms with Gasteiger partial charge in [0.25, 0.3) is 0 Å². The van der Waals surface area contributed by atoms with Crippen molar-refractivity contribution in [2.75, 3.05) is 63.9 Å². The van der Waals surface area contributed by atoms with Crippen LogP contribution in [0, 0.1) is 0 Å². The molecule has 23 heavy (non-hydrogen) atoms. The van der Waals surface area contributed by atoms with Gasteiger partial charge >= 0.3 is 0 Å². The van der Waals surface area contributed by atoms with Gasteiger partial charge in [0.1, 0.15) is 5.82 Å². The lowest BCUT2D eigenvalue weighted by Gasteiger charge is -2.30. The first-order valence-corrected chi connectivity index (χ1v) is 9.54. The van der Waals surface area contributed by atoms with Gasteiger partial charge in [0.2, 0.25) is 5.28 Å². The van der Waals surface area contributed by atoms with Crippen molar-refractivity contribution in [3.63, 3.8) is 0 Å². The number of piperazine rings is 1. The van der Waals surface area contributed by atoms with Gasteiger partial charge in [-0.05, 0) is 11.6 Å². The third-order valence-electron chi connectivity index (χ3n) is 4.58. The highest BCUT2D eigenvalue weighted by Crippen LogP contribution is 2.42. The van der Waals surface area contributed by atoms with E-state index in [-0.39, 0.29) is 0 Å². The summed E-state index contributed by atoms with van der Waals surface area (Å²) in [5.74, 6) is 1.01. The Morgan fingerprint density at radius 1 is 1.17 bits per heavy atom. The van der Waals surface area contributed by atoms with E-state index < -0.39 is 0 Å². The van der Waals surface area contributed by atoms with Gasteiger partial charge in [0.15, 0.2) is 0 Å². The molecule has 4 rings (SSSR count). The molecule has 3 aliphatic rings. The Balaban J connectivity index is 1.50. The van der Waals surface area contributed by atoms with Crippen LogP contribution in [-0.4, -0.2) is 79.1 Å². The number of aromatic nitrogens is 2. The number of halogens is 1. The normalized spacial score (nSPS) is 25.6. The van der Waals surface area contributed by atoms with Crippen LogP contribution in [0.25, 0.3) is 0 Å². The first-order chi connectivity index (χ1) is 11.3. The Labute approximate surface area is 145 Å². The SMILES string of the molecule is Clc1nc2c(c(N3CCOCC3)n1)SC(CN1CCNCC1)C2. The molecule has 126 valence electrons. The lowest BCUT2D eigenvalue weighted by molar-refractivity contribution is 0.122. The molecular formula is C15H22ClN5OS. The van der Waals surface area contributed by atoms with Crippen molar-refractivity contribution in [2.45, 2.75) is 16.6 Å². The van der Waals surface area contributed by atoms with E-state index in [0.29, 0.717) is 10.5 Å². The number of nitrogens with zero attached hydrogens (tertiary/aromatic N) is 4. The number of anilines is 1. The summed E-state index contributed by atoms with van der Waals surface area (Å²) in [6, 6.07) is 0. The molecule has 0 saturated carbocycles. The molecule has 0 bridgehead atoms. The monoisotopic (exact) mass is 355 g/mol. The maximum absolute atomic E-state index is 6.18. The summed E-state index contributed by atoms with van der Waals surface area (Å²) in [5, 5.41) is 4.33. The number of morpholine rings is 1. The second-order valence-electron chi connectivity index (χ2n) is 6.19. The Bertz CT molecular complexity index is 563. The minimum Gasteiger partial charge on any atom is -0.378 e. The van der Waals surface area contributed by atoms with Crippen molar-refractivity contribution in [1.29, 1.82) is 0 Å². The van der Waals surface area contributed by atoms with E-state index in [9.17, 15) is 0 Å². The summed E-state index contributed by atoms with van der Waals surface area (Å²) < 4.78 is 5.45. The van der Waals surface area contributed by atoms with Crippen LogP contribution in [-0.2, 0) is 11.2 Å². The number of rotatable bonds is 3. The molecule has 6 nitrogen and oxygen atoms in total. The Morgan fingerprint density at radius 2 is 1.96 bits per heavy atom. The molecule has 0 aliphatic carbocycles. The van der Waals surface area contributed by atoms with E-state index in [1.165, 1.54) is 4.90 Å². The van der Waals surface area contributed by atoms with Crippen molar-refractivity contribution < 1.29 is 4.74 Å². The maximum Gasteiger partial charge on any atom is 0.224 e. The average Bonchev–Trinajstić information content (AvgIpc) is 2.98. The molecule has 1 atom stereocenters. The van der Waals surface area contributed by atoms with Gasteiger partial charge in [-0.25, -0.2) is 4.98 Å². The first kappa shape index (κ1) is 15.9. The Hall–Kier alpha value is -0.600. The summed E-state index contributed by atoms with van der Waals surface area (Å²) in [6.07, 6.45) is 0.990. The van der Waals surface area contributed by atoms with Gasteiger partial charge in [0.05, 0.1) is 23.8 Å². The smallest absolute Gasteiger partial charge is 0.224 e. The first-order valence-electron chi connectivity index (χ1n) is 8.28. The average molecular weight is 356 g/mol. The highest BCUT2D eigenvalue weighted by molar-refractivity contribution is 8.00. The molecule has 1 aromatic rings. The minimum absolute atomic E-state index is 0.369. The fraction of sp³-hybridized carbons (Fsp3) is 0.733. The molecule has 2 fully saturated rings. The Morgan fingerprint density at radius 3 is 2.74 bits per heavy atom. The number of ether oxygens (including phenoxy) is 1. The topological polar surface area (TPSA) is 53.5 Å². The second-order valence-corrected chi connectivity index (χ2v) is 7.83. The van der Waals surface area contributed by atoms with Crippen LogP contribution in [0.1, 0.15) is 5.69 Å². The molecule has 0 aromatic carbocycles. The van der Waals surface area contributed by atoms with Crippen molar-refractivity contribution in [3.05, 3.63) is 11.0 Å². The van der Waals surface area contributed by atoms with Crippen molar-refractivity contribution >= 4 is 29.2 Å². The van der Waals surface area contributed by atoms with Gasteiger partial charge in [0, 0.05) is 57.5 Å². The molecular weight excluding hydrogens is 334 g/mol. The van der Waals surface area contributed by atoms with Crippen LogP contribution in [0.5, 0.6) is 0 Å². The summed E-state index contributed by atoms with van der Waals surface area (Å²) in [6.45, 7) is 8.83. The minimum atomic E-state index is 0.369. The fourth-order valence-electron chi connectivity index (χ4n) is 3.41. The number of hydrogen-bond donors (Lipinski definition) is 1. The van der Waals surface area contributed by atoms with Gasteiger partial charge in [-0.2, -0.15) is 4.98 Å². The highest BCUT2D eigenvalue weighted by Gasteiger charge is 2.31. The molecule has 0 radical (unpaired) electrons. The van der Waals surface area contributed by atoms with Gasteiger partial charge in [-0.1, -0.05) is 0 Å². The van der Waals surface area contributed by atoms with Crippen LogP contribution in [0.3, 0.4) is 0 Å². The van der Waals surface area contributed by atoms with Crippen LogP contribution in [0.15, 0.2) is 4.90 Å². The molecule has 8 heteroatoms. The van der Waals surface area contributed by atoms with Gasteiger partial charge in [-0.3, -0.25) is 4.90 Å². The van der Waals surface area contributed by atoms with Crippen molar-refractivity contribution in [1.82, 2.24) is 20.2 Å². The third kappa shape index (κ3) is 3.58. The molecule has 0 amide bonds. The molecule has 4 heterocycles. The molecule has 1 unspecified atom stereocenters. The summed E-state index contributed by atoms with van der Waals surface area (Å²) in [5.41, 5.74) is 1.12. The van der Waals surface area contributed by atoms with Crippen LogP contribution in [0.4, 0.5) is 5.82 Å².